The Morgan fingerprint density at radius 2 is 2.14 bits per heavy atom. The first kappa shape index (κ1) is 16.8. The minimum Gasteiger partial charge on any atom is -0.326 e. The van der Waals surface area contributed by atoms with Crippen LogP contribution in [0.3, 0.4) is 0 Å². The Balaban J connectivity index is 0.00000176. The molecular weight excluding hydrogens is 302 g/mol. The second-order valence-electron chi connectivity index (χ2n) is 5.82. The molecule has 120 valence electrons. The number of rotatable bonds is 3. The molecule has 0 radical (unpaired) electrons. The highest BCUT2D eigenvalue weighted by molar-refractivity contribution is 5.94. The molecule has 1 unspecified atom stereocenters. The number of halogens is 1. The van der Waals surface area contributed by atoms with Crippen LogP contribution in [0, 0.1) is 0 Å². The topological polar surface area (TPSA) is 70.2 Å². The molecule has 2 heterocycles. The number of nitrogens with one attached hydrogen (secondary N) is 3. The second kappa shape index (κ2) is 7.61. The van der Waals surface area contributed by atoms with Gasteiger partial charge in [0.1, 0.15) is 0 Å². The van der Waals surface area contributed by atoms with Crippen LogP contribution in [0.15, 0.2) is 18.2 Å². The fourth-order valence-corrected chi connectivity index (χ4v) is 3.02. The lowest BCUT2D eigenvalue weighted by Gasteiger charge is -2.12. The first-order valence-electron chi connectivity index (χ1n) is 7.67. The third kappa shape index (κ3) is 4.21. The third-order valence-corrected chi connectivity index (χ3v) is 4.11. The third-order valence-electron chi connectivity index (χ3n) is 4.11. The molecule has 22 heavy (non-hydrogen) atoms. The van der Waals surface area contributed by atoms with Crippen molar-refractivity contribution in [3.05, 3.63) is 23.8 Å². The Morgan fingerprint density at radius 3 is 2.91 bits per heavy atom. The van der Waals surface area contributed by atoms with Crippen molar-refractivity contribution in [2.75, 3.05) is 17.2 Å². The van der Waals surface area contributed by atoms with Crippen LogP contribution < -0.4 is 16.0 Å². The molecule has 1 saturated heterocycles. The maximum atomic E-state index is 12.0. The molecule has 2 amide bonds. The Kier molecular flexibility index (Phi) is 5.80. The van der Waals surface area contributed by atoms with Gasteiger partial charge in [0.25, 0.3) is 0 Å². The maximum absolute atomic E-state index is 12.0. The first-order valence-corrected chi connectivity index (χ1v) is 7.67. The van der Waals surface area contributed by atoms with Crippen molar-refractivity contribution in [1.29, 1.82) is 0 Å². The van der Waals surface area contributed by atoms with E-state index in [0.717, 1.165) is 49.2 Å². The van der Waals surface area contributed by atoms with E-state index in [1.165, 1.54) is 0 Å². The summed E-state index contributed by atoms with van der Waals surface area (Å²) in [6.07, 6.45) is 5.02. The number of aryl methyl sites for hydroxylation is 1. The molecule has 1 aromatic carbocycles. The van der Waals surface area contributed by atoms with Crippen molar-refractivity contribution in [3.8, 4) is 0 Å². The van der Waals surface area contributed by atoms with Gasteiger partial charge in [-0.25, -0.2) is 0 Å². The van der Waals surface area contributed by atoms with Gasteiger partial charge in [0.05, 0.1) is 0 Å². The summed E-state index contributed by atoms with van der Waals surface area (Å²) in [4.78, 5) is 23.5. The number of hydrogen-bond acceptors (Lipinski definition) is 3. The van der Waals surface area contributed by atoms with Crippen LogP contribution in [-0.2, 0) is 16.0 Å². The molecule has 3 N–H and O–H groups in total. The van der Waals surface area contributed by atoms with Gasteiger partial charge in [0, 0.05) is 30.3 Å². The normalized spacial score (nSPS) is 20.4. The lowest BCUT2D eigenvalue weighted by atomic mass is 10.1. The number of anilines is 2. The van der Waals surface area contributed by atoms with E-state index in [1.54, 1.807) is 0 Å². The van der Waals surface area contributed by atoms with Gasteiger partial charge < -0.3 is 16.0 Å². The Bertz CT molecular complexity index is 556. The van der Waals surface area contributed by atoms with Crippen LogP contribution in [0.2, 0.25) is 0 Å². The largest absolute Gasteiger partial charge is 0.326 e. The van der Waals surface area contributed by atoms with Gasteiger partial charge in [0.2, 0.25) is 11.8 Å². The smallest absolute Gasteiger partial charge is 0.225 e. The highest BCUT2D eigenvalue weighted by Gasteiger charge is 2.18. The van der Waals surface area contributed by atoms with E-state index < -0.39 is 0 Å². The molecule has 6 heteroatoms. The molecule has 0 aliphatic carbocycles. The molecule has 0 spiro atoms. The summed E-state index contributed by atoms with van der Waals surface area (Å²) in [6, 6.07) is 6.01. The van der Waals surface area contributed by atoms with Crippen molar-refractivity contribution in [2.45, 2.75) is 44.6 Å². The number of fused-ring (bicyclic) bond motifs is 1. The molecule has 0 saturated carbocycles. The average Bonchev–Trinajstić information content (AvgIpc) is 2.87. The van der Waals surface area contributed by atoms with Crippen LogP contribution in [0.4, 0.5) is 11.4 Å². The number of carbonyl (C=O) groups excluding carboxylic acids is 2. The summed E-state index contributed by atoms with van der Waals surface area (Å²) in [5.41, 5.74) is 2.78. The van der Waals surface area contributed by atoms with Crippen molar-refractivity contribution in [3.63, 3.8) is 0 Å². The van der Waals surface area contributed by atoms with Crippen molar-refractivity contribution in [2.24, 2.45) is 0 Å². The zero-order valence-corrected chi connectivity index (χ0v) is 13.3. The van der Waals surface area contributed by atoms with Gasteiger partial charge in [0.15, 0.2) is 0 Å². The SMILES string of the molecule is Cl.O=C(CC1CCCN1)Nc1ccc2c(c1)CCCC(=O)N2. The molecular formula is C16H22ClN3O2. The van der Waals surface area contributed by atoms with Gasteiger partial charge in [-0.15, -0.1) is 12.4 Å². The zero-order valence-electron chi connectivity index (χ0n) is 12.5. The van der Waals surface area contributed by atoms with Gasteiger partial charge >= 0.3 is 0 Å². The first-order chi connectivity index (χ1) is 10.2. The fraction of sp³-hybridized carbons (Fsp3) is 0.500. The molecule has 0 bridgehead atoms. The molecule has 1 atom stereocenters. The van der Waals surface area contributed by atoms with Crippen LogP contribution in [0.25, 0.3) is 0 Å². The molecule has 5 nitrogen and oxygen atoms in total. The van der Waals surface area contributed by atoms with E-state index in [4.69, 9.17) is 0 Å². The van der Waals surface area contributed by atoms with Crippen molar-refractivity contribution in [1.82, 2.24) is 5.32 Å². The summed E-state index contributed by atoms with van der Waals surface area (Å²) >= 11 is 0. The van der Waals surface area contributed by atoms with Crippen LogP contribution in [-0.4, -0.2) is 24.4 Å². The Morgan fingerprint density at radius 1 is 1.27 bits per heavy atom. The predicted octanol–water partition coefficient (Wildman–Crippen LogP) is 2.46. The molecule has 1 aromatic rings. The lowest BCUT2D eigenvalue weighted by molar-refractivity contribution is -0.117. The van der Waals surface area contributed by atoms with Crippen molar-refractivity contribution >= 4 is 35.6 Å². The Labute approximate surface area is 136 Å². The minimum atomic E-state index is 0. The van der Waals surface area contributed by atoms with Crippen LogP contribution >= 0.6 is 12.4 Å². The molecule has 3 rings (SSSR count). The van der Waals surface area contributed by atoms with Crippen molar-refractivity contribution < 1.29 is 9.59 Å². The molecule has 1 fully saturated rings. The number of hydrogen-bond donors (Lipinski definition) is 3. The van der Waals surface area contributed by atoms with E-state index in [9.17, 15) is 9.59 Å². The molecule has 0 aromatic heterocycles. The van der Waals surface area contributed by atoms with E-state index in [0.29, 0.717) is 18.9 Å². The summed E-state index contributed by atoms with van der Waals surface area (Å²) < 4.78 is 0. The average molecular weight is 324 g/mol. The number of amides is 2. The van der Waals surface area contributed by atoms with E-state index in [2.05, 4.69) is 16.0 Å². The lowest BCUT2D eigenvalue weighted by Crippen LogP contribution is -2.27. The highest BCUT2D eigenvalue weighted by Crippen LogP contribution is 2.25. The predicted molar refractivity (Wildman–Crippen MR) is 89.5 cm³/mol. The minimum absolute atomic E-state index is 0. The number of carbonyl (C=O) groups is 2. The number of benzene rings is 1. The standard InChI is InChI=1S/C16H21N3O2.ClH/c20-15-5-1-3-11-9-13(6-7-14(11)19-15)18-16(21)10-12-4-2-8-17-12;/h6-7,9,12,17H,1-5,8,10H2,(H,18,21)(H,19,20);1H. The van der Waals surface area contributed by atoms with Crippen LogP contribution in [0.5, 0.6) is 0 Å². The van der Waals surface area contributed by atoms with Gasteiger partial charge in [-0.1, -0.05) is 0 Å². The van der Waals surface area contributed by atoms with Crippen LogP contribution in [0.1, 0.15) is 37.7 Å². The second-order valence-corrected chi connectivity index (χ2v) is 5.82. The summed E-state index contributed by atoms with van der Waals surface area (Å²) in [7, 11) is 0. The maximum Gasteiger partial charge on any atom is 0.225 e. The fourth-order valence-electron chi connectivity index (χ4n) is 3.02. The highest BCUT2D eigenvalue weighted by atomic mass is 35.5. The Hall–Kier alpha value is -1.59. The van der Waals surface area contributed by atoms with E-state index >= 15 is 0 Å². The summed E-state index contributed by atoms with van der Waals surface area (Å²) in [5.74, 6) is 0.116. The van der Waals surface area contributed by atoms with Gasteiger partial charge in [-0.3, -0.25) is 9.59 Å². The summed E-state index contributed by atoms with van der Waals surface area (Å²) in [6.45, 7) is 1.01. The molecule has 2 aliphatic rings. The van der Waals surface area contributed by atoms with Gasteiger partial charge in [-0.2, -0.15) is 0 Å². The van der Waals surface area contributed by atoms with E-state index in [1.807, 2.05) is 18.2 Å². The zero-order chi connectivity index (χ0) is 14.7. The quantitative estimate of drug-likeness (QED) is 0.800. The summed E-state index contributed by atoms with van der Waals surface area (Å²) in [5, 5.41) is 9.19. The van der Waals surface area contributed by atoms with Gasteiger partial charge in [-0.05, 0) is 56.0 Å². The monoisotopic (exact) mass is 323 g/mol. The molecule has 2 aliphatic heterocycles. The van der Waals surface area contributed by atoms with E-state index in [-0.39, 0.29) is 24.2 Å².